The lowest BCUT2D eigenvalue weighted by Gasteiger charge is -2.27. The average Bonchev–Trinajstić information content (AvgIpc) is 2.79. The lowest BCUT2D eigenvalue weighted by Crippen LogP contribution is -2.44. The summed E-state index contributed by atoms with van der Waals surface area (Å²) in [5.74, 6) is -1.07. The lowest BCUT2D eigenvalue weighted by atomic mass is 9.93. The Hall–Kier alpha value is -4.18. The van der Waals surface area contributed by atoms with Crippen molar-refractivity contribution >= 4 is 23.9 Å². The van der Waals surface area contributed by atoms with Gasteiger partial charge in [-0.2, -0.15) is 5.26 Å². The largest absolute Gasteiger partial charge is 0.489 e. The first-order valence-corrected chi connectivity index (χ1v) is 10.4. The number of nitriles is 1. The van der Waals surface area contributed by atoms with E-state index in [0.29, 0.717) is 23.5 Å². The molecule has 7 nitrogen and oxygen atoms in total. The molecular weight excluding hydrogens is 420 g/mol. The lowest BCUT2D eigenvalue weighted by molar-refractivity contribution is -0.147. The van der Waals surface area contributed by atoms with Crippen molar-refractivity contribution in [3.8, 4) is 11.8 Å². The fraction of sp³-hybridized carbons (Fsp3) is 0.231. The molecule has 0 fully saturated rings. The van der Waals surface area contributed by atoms with Crippen LogP contribution in [-0.4, -0.2) is 35.8 Å². The number of aryl methyl sites for hydroxylation is 1. The van der Waals surface area contributed by atoms with Crippen LogP contribution in [0.2, 0.25) is 0 Å². The van der Waals surface area contributed by atoms with Crippen molar-refractivity contribution in [3.05, 3.63) is 81.9 Å². The molecule has 0 aliphatic carbocycles. The fourth-order valence-corrected chi connectivity index (χ4v) is 3.29. The van der Waals surface area contributed by atoms with E-state index in [1.54, 1.807) is 37.3 Å². The standard InChI is InChI=1S/C26H24N2O5/c1-17-4-6-21(7-5-17)16-33-22-10-8-20(9-11-22)14-23-18(2)24(15-27)26(31)28(25(23)30)12-13-32-19(3)29/h4-11,14H,12-13,16H2,1-3H3/b23-14+. The van der Waals surface area contributed by atoms with Gasteiger partial charge in [0.2, 0.25) is 0 Å². The molecular formula is C26H24N2O5. The minimum absolute atomic E-state index is 0.110. The maximum absolute atomic E-state index is 13.0. The van der Waals surface area contributed by atoms with Gasteiger partial charge in [-0.05, 0) is 48.8 Å². The Labute approximate surface area is 192 Å². The molecule has 0 spiro atoms. The SMILES string of the molecule is CC(=O)OCCN1C(=O)C(C#N)=C(C)/C(=C\c2ccc(OCc3ccc(C)cc3)cc2)C1=O. The van der Waals surface area contributed by atoms with Crippen molar-refractivity contribution in [3.63, 3.8) is 0 Å². The van der Waals surface area contributed by atoms with E-state index >= 15 is 0 Å². The Bertz CT molecular complexity index is 1170. The third-order valence-electron chi connectivity index (χ3n) is 5.16. The molecule has 0 saturated heterocycles. The molecule has 2 amide bonds. The topological polar surface area (TPSA) is 96.7 Å². The van der Waals surface area contributed by atoms with Gasteiger partial charge in [0.1, 0.15) is 30.6 Å². The van der Waals surface area contributed by atoms with E-state index in [0.717, 1.165) is 10.5 Å². The summed E-state index contributed by atoms with van der Waals surface area (Å²) in [6, 6.07) is 17.1. The molecule has 0 radical (unpaired) electrons. The molecule has 1 heterocycles. The van der Waals surface area contributed by atoms with Gasteiger partial charge in [0, 0.05) is 12.5 Å². The quantitative estimate of drug-likeness (QED) is 0.367. The van der Waals surface area contributed by atoms with E-state index in [-0.39, 0.29) is 24.3 Å². The number of hydrogen-bond donors (Lipinski definition) is 0. The van der Waals surface area contributed by atoms with Gasteiger partial charge in [0.15, 0.2) is 0 Å². The number of benzene rings is 2. The van der Waals surface area contributed by atoms with E-state index in [1.807, 2.05) is 37.3 Å². The number of rotatable bonds is 7. The molecule has 3 rings (SSSR count). The van der Waals surface area contributed by atoms with E-state index in [4.69, 9.17) is 9.47 Å². The summed E-state index contributed by atoms with van der Waals surface area (Å²) in [5, 5.41) is 9.44. The van der Waals surface area contributed by atoms with Gasteiger partial charge in [-0.15, -0.1) is 0 Å². The molecule has 2 aromatic carbocycles. The van der Waals surface area contributed by atoms with Crippen LogP contribution in [-0.2, 0) is 25.7 Å². The van der Waals surface area contributed by atoms with Crippen molar-refractivity contribution in [2.45, 2.75) is 27.4 Å². The van der Waals surface area contributed by atoms with Crippen LogP contribution >= 0.6 is 0 Å². The first-order valence-electron chi connectivity index (χ1n) is 10.4. The number of ether oxygens (including phenoxy) is 2. The van der Waals surface area contributed by atoms with Crippen molar-refractivity contribution in [1.29, 1.82) is 5.26 Å². The zero-order valence-electron chi connectivity index (χ0n) is 18.8. The second-order valence-electron chi connectivity index (χ2n) is 7.62. The highest BCUT2D eigenvalue weighted by Gasteiger charge is 2.35. The van der Waals surface area contributed by atoms with Gasteiger partial charge in [-0.3, -0.25) is 19.3 Å². The molecule has 0 bridgehead atoms. The molecule has 0 saturated carbocycles. The summed E-state index contributed by atoms with van der Waals surface area (Å²) < 4.78 is 10.7. The molecule has 0 aromatic heterocycles. The van der Waals surface area contributed by atoms with Gasteiger partial charge in [-0.25, -0.2) is 0 Å². The van der Waals surface area contributed by atoms with Crippen molar-refractivity contribution in [2.75, 3.05) is 13.2 Å². The molecule has 0 N–H and O–H groups in total. The predicted molar refractivity (Wildman–Crippen MR) is 122 cm³/mol. The first kappa shape index (κ1) is 23.5. The molecule has 0 atom stereocenters. The Balaban J connectivity index is 1.78. The zero-order valence-corrected chi connectivity index (χ0v) is 18.8. The van der Waals surface area contributed by atoms with Gasteiger partial charge < -0.3 is 9.47 Å². The average molecular weight is 444 g/mol. The Morgan fingerprint density at radius 1 is 1.03 bits per heavy atom. The maximum Gasteiger partial charge on any atom is 0.302 e. The van der Waals surface area contributed by atoms with E-state index < -0.39 is 17.8 Å². The minimum atomic E-state index is -0.691. The number of imide groups is 1. The second-order valence-corrected chi connectivity index (χ2v) is 7.62. The number of amides is 2. The number of esters is 1. The van der Waals surface area contributed by atoms with Crippen LogP contribution in [0.1, 0.15) is 30.5 Å². The fourth-order valence-electron chi connectivity index (χ4n) is 3.29. The number of carbonyl (C=O) groups excluding carboxylic acids is 3. The summed E-state index contributed by atoms with van der Waals surface area (Å²) in [4.78, 5) is 37.4. The van der Waals surface area contributed by atoms with Crippen molar-refractivity contribution in [1.82, 2.24) is 4.90 Å². The molecule has 1 aliphatic rings. The highest BCUT2D eigenvalue weighted by Crippen LogP contribution is 2.27. The van der Waals surface area contributed by atoms with Gasteiger partial charge in [0.05, 0.1) is 6.54 Å². The van der Waals surface area contributed by atoms with Crippen molar-refractivity contribution < 1.29 is 23.9 Å². The third-order valence-corrected chi connectivity index (χ3v) is 5.16. The molecule has 2 aromatic rings. The second kappa shape index (κ2) is 10.4. The van der Waals surface area contributed by atoms with Crippen LogP contribution in [0.5, 0.6) is 5.75 Å². The number of nitrogens with zero attached hydrogens (tertiary/aromatic N) is 2. The molecule has 7 heteroatoms. The van der Waals surface area contributed by atoms with E-state index in [9.17, 15) is 19.6 Å². The van der Waals surface area contributed by atoms with Crippen molar-refractivity contribution in [2.24, 2.45) is 0 Å². The van der Waals surface area contributed by atoms with Crippen LogP contribution in [0.4, 0.5) is 0 Å². The Morgan fingerprint density at radius 3 is 2.30 bits per heavy atom. The van der Waals surface area contributed by atoms with Crippen LogP contribution < -0.4 is 4.74 Å². The van der Waals surface area contributed by atoms with Gasteiger partial charge in [-0.1, -0.05) is 42.0 Å². The maximum atomic E-state index is 13.0. The molecule has 168 valence electrons. The summed E-state index contributed by atoms with van der Waals surface area (Å²) in [5.41, 5.74) is 3.40. The van der Waals surface area contributed by atoms with Crippen LogP contribution in [0.15, 0.2) is 65.3 Å². The molecule has 33 heavy (non-hydrogen) atoms. The predicted octanol–water partition coefficient (Wildman–Crippen LogP) is 3.73. The van der Waals surface area contributed by atoms with Crippen LogP contribution in [0.25, 0.3) is 6.08 Å². The van der Waals surface area contributed by atoms with Gasteiger partial charge in [0.25, 0.3) is 11.8 Å². The summed E-state index contributed by atoms with van der Waals surface area (Å²) in [6.45, 7) is 5.02. The highest BCUT2D eigenvalue weighted by molar-refractivity contribution is 6.19. The summed E-state index contributed by atoms with van der Waals surface area (Å²) >= 11 is 0. The van der Waals surface area contributed by atoms with E-state index in [2.05, 4.69) is 0 Å². The number of carbonyl (C=O) groups is 3. The van der Waals surface area contributed by atoms with Gasteiger partial charge >= 0.3 is 5.97 Å². The van der Waals surface area contributed by atoms with Crippen LogP contribution in [0.3, 0.4) is 0 Å². The number of hydrogen-bond acceptors (Lipinski definition) is 6. The minimum Gasteiger partial charge on any atom is -0.489 e. The van der Waals surface area contributed by atoms with E-state index in [1.165, 1.54) is 12.5 Å². The smallest absolute Gasteiger partial charge is 0.302 e. The summed E-state index contributed by atoms with van der Waals surface area (Å²) in [7, 11) is 0. The Morgan fingerprint density at radius 2 is 1.70 bits per heavy atom. The normalized spacial score (nSPS) is 15.0. The summed E-state index contributed by atoms with van der Waals surface area (Å²) in [6.07, 6.45) is 1.63. The molecule has 0 unspecified atom stereocenters. The zero-order chi connectivity index (χ0) is 24.0. The highest BCUT2D eigenvalue weighted by atomic mass is 16.5. The first-order chi connectivity index (χ1) is 15.8. The molecule has 1 aliphatic heterocycles. The Kier molecular flexibility index (Phi) is 7.42. The monoisotopic (exact) mass is 444 g/mol. The van der Waals surface area contributed by atoms with Crippen LogP contribution in [0, 0.1) is 18.3 Å². The third kappa shape index (κ3) is 5.74.